The molecule has 0 saturated carbocycles. The van der Waals surface area contributed by atoms with Crippen molar-refractivity contribution in [3.05, 3.63) is 12.7 Å². The summed E-state index contributed by atoms with van der Waals surface area (Å²) in [6.45, 7) is 9.55. The summed E-state index contributed by atoms with van der Waals surface area (Å²) in [7, 11) is -4.71. The predicted octanol–water partition coefficient (Wildman–Crippen LogP) is -0.107. The summed E-state index contributed by atoms with van der Waals surface area (Å²) in [4.78, 5) is 32.2. The van der Waals surface area contributed by atoms with Gasteiger partial charge in [0.05, 0.1) is 19.5 Å². The Kier molecular flexibility index (Phi) is 7.28. The van der Waals surface area contributed by atoms with Crippen LogP contribution in [-0.2, 0) is 18.6 Å². The normalized spacial score (nSPS) is 27.6. The summed E-state index contributed by atoms with van der Waals surface area (Å²) in [5.74, 6) is 0.197. The molecule has 0 aromatic carbocycles. The van der Waals surface area contributed by atoms with E-state index in [-0.39, 0.29) is 12.4 Å². The summed E-state index contributed by atoms with van der Waals surface area (Å²) in [6, 6.07) is 0. The highest BCUT2D eigenvalue weighted by molar-refractivity contribution is 7.46. The number of nitrogens with zero attached hydrogens (tertiary/aromatic N) is 5. The molecule has 0 spiro atoms. The standard InChI is InChI=1S/C11H14N5O7P.C6H15N/c12-8-5-9(14-3-13-8)16(4-15-5)10-6-7(17)11(23-10,1-21-6)2-22-24(18,19)20;1-4-7(5-2)6-3/h3-4,6-7,10,17H,1-2H2,(H2,12,13,14)(H2,18,19,20);4-6H2,1-3H3/t6-,7+,10-,11-;/m1./s1. The van der Waals surface area contributed by atoms with E-state index in [0.717, 1.165) is 0 Å². The number of nitrogen functional groups attached to an aromatic ring is 1. The van der Waals surface area contributed by atoms with Gasteiger partial charge in [0.1, 0.15) is 29.7 Å². The van der Waals surface area contributed by atoms with Crippen molar-refractivity contribution in [2.45, 2.75) is 44.8 Å². The first-order valence-corrected chi connectivity index (χ1v) is 11.5. The quantitative estimate of drug-likeness (QED) is 0.404. The molecule has 2 aromatic rings. The molecular formula is C17H29N6O7P. The number of aliphatic hydroxyl groups is 1. The minimum atomic E-state index is -4.71. The Morgan fingerprint density at radius 2 is 1.97 bits per heavy atom. The van der Waals surface area contributed by atoms with Gasteiger partial charge in [-0.25, -0.2) is 19.5 Å². The molecule has 0 amide bonds. The van der Waals surface area contributed by atoms with E-state index in [1.54, 1.807) is 0 Å². The summed E-state index contributed by atoms with van der Waals surface area (Å²) in [5.41, 5.74) is 5.12. The second kappa shape index (κ2) is 9.43. The van der Waals surface area contributed by atoms with Crippen molar-refractivity contribution in [3.63, 3.8) is 0 Å². The molecule has 0 aliphatic carbocycles. The third-order valence-corrected chi connectivity index (χ3v) is 5.95. The van der Waals surface area contributed by atoms with E-state index in [9.17, 15) is 9.67 Å². The number of ether oxygens (including phenoxy) is 2. The largest absolute Gasteiger partial charge is 0.469 e. The van der Waals surface area contributed by atoms with Crippen molar-refractivity contribution in [2.75, 3.05) is 38.6 Å². The summed E-state index contributed by atoms with van der Waals surface area (Å²) in [6.07, 6.45) is -0.000108. The molecule has 2 bridgehead atoms. The van der Waals surface area contributed by atoms with E-state index in [0.29, 0.717) is 11.2 Å². The number of fused-ring (bicyclic) bond motifs is 3. The molecule has 4 rings (SSSR count). The Morgan fingerprint density at radius 3 is 2.55 bits per heavy atom. The molecule has 174 valence electrons. The maximum absolute atomic E-state index is 10.9. The number of hydrogen-bond acceptors (Lipinski definition) is 10. The maximum Gasteiger partial charge on any atom is 0.469 e. The van der Waals surface area contributed by atoms with Crippen LogP contribution < -0.4 is 5.73 Å². The van der Waals surface area contributed by atoms with Crippen LogP contribution in [0.4, 0.5) is 5.82 Å². The van der Waals surface area contributed by atoms with Crippen LogP contribution in [0.1, 0.15) is 27.0 Å². The molecule has 4 heterocycles. The number of hydrogen-bond donors (Lipinski definition) is 4. The monoisotopic (exact) mass is 460 g/mol. The Balaban J connectivity index is 0.000000339. The SMILES string of the molecule is CCN(CC)CC.Nc1ncnc2c1ncn2[C@@H]1O[C@@]2(COP(=O)(O)O)CO[C@@H]1[C@@H]2O. The number of imidazole rings is 1. The fraction of sp³-hybridized carbons (Fsp3) is 0.706. The van der Waals surface area contributed by atoms with Gasteiger partial charge in [-0.05, 0) is 19.6 Å². The smallest absolute Gasteiger partial charge is 0.387 e. The Hall–Kier alpha value is -1.70. The third-order valence-electron chi connectivity index (χ3n) is 5.49. The Bertz CT molecular complexity index is 929. The van der Waals surface area contributed by atoms with Gasteiger partial charge >= 0.3 is 7.82 Å². The molecule has 0 unspecified atom stereocenters. The van der Waals surface area contributed by atoms with Crippen LogP contribution in [0.5, 0.6) is 0 Å². The second-order valence-corrected chi connectivity index (χ2v) is 8.50. The number of phosphoric ester groups is 1. The molecule has 2 aliphatic heterocycles. The molecule has 2 fully saturated rings. The maximum atomic E-state index is 10.9. The first kappa shape index (κ1) is 24.0. The lowest BCUT2D eigenvalue weighted by Crippen LogP contribution is -2.44. The topological polar surface area (TPSA) is 178 Å². The highest BCUT2D eigenvalue weighted by Crippen LogP contribution is 2.48. The fourth-order valence-corrected chi connectivity index (χ4v) is 4.05. The zero-order chi connectivity index (χ0) is 22.8. The minimum absolute atomic E-state index is 0.0565. The Morgan fingerprint density at radius 1 is 1.29 bits per heavy atom. The number of anilines is 1. The number of aromatic nitrogens is 4. The van der Waals surface area contributed by atoms with E-state index >= 15 is 0 Å². The highest BCUT2D eigenvalue weighted by atomic mass is 31.2. The van der Waals surface area contributed by atoms with E-state index in [4.69, 9.17) is 25.0 Å². The average Bonchev–Trinajstić information content (AvgIpc) is 3.38. The lowest BCUT2D eigenvalue weighted by Gasteiger charge is -2.30. The second-order valence-electron chi connectivity index (χ2n) is 7.26. The van der Waals surface area contributed by atoms with Gasteiger partial charge < -0.3 is 35.0 Å². The molecule has 4 atom stereocenters. The van der Waals surface area contributed by atoms with Crippen molar-refractivity contribution >= 4 is 24.8 Å². The number of nitrogens with two attached hydrogens (primary N) is 1. The van der Waals surface area contributed by atoms with Gasteiger partial charge in [0, 0.05) is 0 Å². The molecule has 31 heavy (non-hydrogen) atoms. The predicted molar refractivity (Wildman–Crippen MR) is 110 cm³/mol. The van der Waals surface area contributed by atoms with Crippen molar-refractivity contribution in [1.82, 2.24) is 24.4 Å². The summed E-state index contributed by atoms with van der Waals surface area (Å²) >= 11 is 0. The third kappa shape index (κ3) is 4.89. The fourth-order valence-electron chi connectivity index (χ4n) is 3.66. The highest BCUT2D eigenvalue weighted by Gasteiger charge is 2.62. The average molecular weight is 460 g/mol. The molecule has 14 heteroatoms. The number of aliphatic hydroxyl groups excluding tert-OH is 1. The van der Waals surface area contributed by atoms with Crippen molar-refractivity contribution < 1.29 is 33.5 Å². The minimum Gasteiger partial charge on any atom is -0.387 e. The summed E-state index contributed by atoms with van der Waals surface area (Å²) < 4.78 is 28.3. The van der Waals surface area contributed by atoms with Gasteiger partial charge in [0.15, 0.2) is 17.7 Å². The van der Waals surface area contributed by atoms with Gasteiger partial charge in [0.2, 0.25) is 0 Å². The molecule has 0 radical (unpaired) electrons. The first-order chi connectivity index (χ1) is 14.7. The number of phosphoric acid groups is 1. The van der Waals surface area contributed by atoms with Gasteiger partial charge in [0.25, 0.3) is 0 Å². The van der Waals surface area contributed by atoms with Crippen LogP contribution in [0.25, 0.3) is 11.2 Å². The van der Waals surface area contributed by atoms with Crippen molar-refractivity contribution in [2.24, 2.45) is 0 Å². The molecule has 2 aliphatic rings. The van der Waals surface area contributed by atoms with Crippen LogP contribution in [0.15, 0.2) is 12.7 Å². The van der Waals surface area contributed by atoms with Gasteiger partial charge in [-0.3, -0.25) is 9.09 Å². The van der Waals surface area contributed by atoms with Crippen molar-refractivity contribution in [3.8, 4) is 0 Å². The molecular weight excluding hydrogens is 431 g/mol. The first-order valence-electron chi connectivity index (χ1n) is 9.98. The number of rotatable bonds is 7. The molecule has 2 saturated heterocycles. The summed E-state index contributed by atoms with van der Waals surface area (Å²) in [5, 5.41) is 10.4. The van der Waals surface area contributed by atoms with E-state index < -0.39 is 38.5 Å². The van der Waals surface area contributed by atoms with E-state index in [2.05, 4.69) is 45.1 Å². The zero-order valence-electron chi connectivity index (χ0n) is 17.7. The van der Waals surface area contributed by atoms with E-state index in [1.165, 1.54) is 36.9 Å². The van der Waals surface area contributed by atoms with Crippen molar-refractivity contribution in [1.29, 1.82) is 0 Å². The Labute approximate surface area is 179 Å². The van der Waals surface area contributed by atoms with Crippen LogP contribution in [0.2, 0.25) is 0 Å². The van der Waals surface area contributed by atoms with E-state index in [1.807, 2.05) is 0 Å². The zero-order valence-corrected chi connectivity index (χ0v) is 18.6. The molecule has 5 N–H and O–H groups in total. The van der Waals surface area contributed by atoms with Gasteiger partial charge in [-0.1, -0.05) is 20.8 Å². The van der Waals surface area contributed by atoms with Crippen LogP contribution >= 0.6 is 7.82 Å². The molecule has 2 aromatic heterocycles. The van der Waals surface area contributed by atoms with Gasteiger partial charge in [-0.2, -0.15) is 0 Å². The lowest BCUT2D eigenvalue weighted by molar-refractivity contribution is -0.183. The van der Waals surface area contributed by atoms with Crippen LogP contribution in [-0.4, -0.2) is 90.0 Å². The lowest BCUT2D eigenvalue weighted by atomic mass is 10.0. The van der Waals surface area contributed by atoms with Crippen LogP contribution in [0.3, 0.4) is 0 Å². The molecule has 13 nitrogen and oxygen atoms in total. The van der Waals surface area contributed by atoms with Gasteiger partial charge in [-0.15, -0.1) is 0 Å². The van der Waals surface area contributed by atoms with Crippen LogP contribution in [0, 0.1) is 0 Å².